The molecule has 0 aromatic rings. The highest BCUT2D eigenvalue weighted by Gasteiger charge is 2.39. The predicted octanol–water partition coefficient (Wildman–Crippen LogP) is 2.56. The molecule has 0 rings (SSSR count). The van der Waals surface area contributed by atoms with Crippen molar-refractivity contribution in [3.05, 3.63) is 12.7 Å². The lowest BCUT2D eigenvalue weighted by molar-refractivity contribution is -0.138. The molecule has 0 N–H and O–H groups in total. The van der Waals surface area contributed by atoms with Crippen LogP contribution in [0.1, 0.15) is 33.6 Å². The van der Waals surface area contributed by atoms with Crippen molar-refractivity contribution < 1.29 is 27.5 Å². The summed E-state index contributed by atoms with van der Waals surface area (Å²) in [6, 6.07) is 0.744. The van der Waals surface area contributed by atoms with Crippen LogP contribution in [-0.4, -0.2) is 54.4 Å². The molecule has 0 saturated heterocycles. The molecule has 0 amide bonds. The molecule has 0 atom stereocenters. The summed E-state index contributed by atoms with van der Waals surface area (Å²) in [5.74, 6) is -0.402. The predicted molar refractivity (Wildman–Crippen MR) is 86.6 cm³/mol. The fraction of sp³-hybridized carbons (Fsp3) is 0.800. The van der Waals surface area contributed by atoms with Crippen LogP contribution >= 0.6 is 0 Å². The van der Waals surface area contributed by atoms with Gasteiger partial charge in [-0.2, -0.15) is 0 Å². The van der Waals surface area contributed by atoms with Crippen molar-refractivity contribution in [2.75, 3.05) is 39.6 Å². The van der Waals surface area contributed by atoms with Crippen LogP contribution < -0.4 is 0 Å². The van der Waals surface area contributed by atoms with E-state index in [4.69, 9.17) is 22.8 Å². The molecule has 0 aromatic carbocycles. The van der Waals surface area contributed by atoms with Crippen molar-refractivity contribution in [1.29, 1.82) is 0 Å². The zero-order chi connectivity index (χ0) is 16.7. The molecule has 0 aliphatic carbocycles. The molecule has 0 bridgehead atoms. The van der Waals surface area contributed by atoms with E-state index in [1.165, 1.54) is 0 Å². The van der Waals surface area contributed by atoms with Crippen molar-refractivity contribution >= 4 is 14.8 Å². The minimum atomic E-state index is -2.55. The second kappa shape index (κ2) is 13.9. The Morgan fingerprint density at radius 2 is 1.50 bits per heavy atom. The summed E-state index contributed by atoms with van der Waals surface area (Å²) >= 11 is 0. The van der Waals surface area contributed by atoms with Crippen molar-refractivity contribution in [3.63, 3.8) is 0 Å². The number of carbonyl (C=O) groups excluding carboxylic acids is 1. The molecule has 130 valence electrons. The summed E-state index contributed by atoms with van der Waals surface area (Å²) in [6.07, 6.45) is 2.64. The van der Waals surface area contributed by atoms with Crippen molar-refractivity contribution in [2.24, 2.45) is 0 Å². The number of carbonyl (C=O) groups is 1. The Morgan fingerprint density at radius 1 is 0.955 bits per heavy atom. The van der Waals surface area contributed by atoms with Crippen LogP contribution in [0.4, 0.5) is 0 Å². The van der Waals surface area contributed by atoms with Gasteiger partial charge in [0.15, 0.2) is 0 Å². The Kier molecular flexibility index (Phi) is 13.4. The highest BCUT2D eigenvalue weighted by atomic mass is 28.4. The summed E-state index contributed by atoms with van der Waals surface area (Å²) < 4.78 is 27.7. The molecule has 0 fully saturated rings. The Labute approximate surface area is 135 Å². The Balaban J connectivity index is 3.83. The maximum Gasteiger partial charge on any atom is 0.501 e. The van der Waals surface area contributed by atoms with E-state index in [9.17, 15) is 4.79 Å². The summed E-state index contributed by atoms with van der Waals surface area (Å²) in [5, 5.41) is 0. The summed E-state index contributed by atoms with van der Waals surface area (Å²) in [6.45, 7) is 12.4. The lowest BCUT2D eigenvalue weighted by Gasteiger charge is -2.28. The number of ether oxygens (including phenoxy) is 2. The van der Waals surface area contributed by atoms with Crippen LogP contribution in [-0.2, 0) is 27.5 Å². The fourth-order valence-corrected chi connectivity index (χ4v) is 4.47. The van der Waals surface area contributed by atoms with Crippen LogP contribution in [0.5, 0.6) is 0 Å². The largest absolute Gasteiger partial charge is 0.501 e. The Morgan fingerprint density at radius 3 is 2.00 bits per heavy atom. The highest BCUT2D eigenvalue weighted by molar-refractivity contribution is 6.60. The van der Waals surface area contributed by atoms with E-state index >= 15 is 0 Å². The third kappa shape index (κ3) is 10.1. The highest BCUT2D eigenvalue weighted by Crippen LogP contribution is 2.18. The molecule has 0 radical (unpaired) electrons. The summed E-state index contributed by atoms with van der Waals surface area (Å²) in [4.78, 5) is 10.8. The van der Waals surface area contributed by atoms with Crippen LogP contribution in [0, 0.1) is 0 Å². The normalized spacial score (nSPS) is 11.4. The average Bonchev–Trinajstić information content (AvgIpc) is 2.50. The van der Waals surface area contributed by atoms with Gasteiger partial charge in [-0.1, -0.05) is 6.58 Å². The third-order valence-corrected chi connectivity index (χ3v) is 5.86. The molecule has 0 heterocycles. The molecule has 0 spiro atoms. The smallest absolute Gasteiger partial charge is 0.462 e. The molecular formula is C15H30O6Si. The second-order valence-corrected chi connectivity index (χ2v) is 7.16. The van der Waals surface area contributed by atoms with Gasteiger partial charge in [0.1, 0.15) is 0 Å². The van der Waals surface area contributed by atoms with Gasteiger partial charge in [-0.05, 0) is 27.2 Å². The first-order valence-electron chi connectivity index (χ1n) is 7.92. The van der Waals surface area contributed by atoms with E-state index < -0.39 is 14.8 Å². The maximum absolute atomic E-state index is 10.8. The number of hydrogen-bond acceptors (Lipinski definition) is 6. The first-order chi connectivity index (χ1) is 10.6. The first-order valence-corrected chi connectivity index (χ1v) is 9.86. The van der Waals surface area contributed by atoms with E-state index in [0.717, 1.165) is 18.5 Å². The minimum Gasteiger partial charge on any atom is -0.462 e. The van der Waals surface area contributed by atoms with Crippen LogP contribution in [0.3, 0.4) is 0 Å². The number of rotatable bonds is 15. The fourth-order valence-electron chi connectivity index (χ4n) is 1.89. The zero-order valence-corrected chi connectivity index (χ0v) is 15.1. The van der Waals surface area contributed by atoms with Crippen molar-refractivity contribution in [3.8, 4) is 0 Å². The molecule has 0 aliphatic rings. The lowest BCUT2D eigenvalue weighted by atomic mass is 10.5. The summed E-state index contributed by atoms with van der Waals surface area (Å²) in [5.41, 5.74) is 0. The standard InChI is InChI=1S/C15H30O6Si/c1-5-15(16)18-13-9-11-17-12-10-14-22(19-6-2,20-7-3)21-8-4/h5H,1,6-14H2,2-4H3. The Bertz CT molecular complexity index is 281. The second-order valence-electron chi connectivity index (χ2n) is 4.42. The first kappa shape index (κ1) is 21.3. The quantitative estimate of drug-likeness (QED) is 0.198. The topological polar surface area (TPSA) is 63.2 Å². The monoisotopic (exact) mass is 334 g/mol. The van der Waals surface area contributed by atoms with Crippen molar-refractivity contribution in [1.82, 2.24) is 0 Å². The van der Waals surface area contributed by atoms with E-state index in [1.54, 1.807) is 0 Å². The van der Waals surface area contributed by atoms with Gasteiger partial charge < -0.3 is 22.8 Å². The molecule has 22 heavy (non-hydrogen) atoms. The van der Waals surface area contributed by atoms with Gasteiger partial charge in [-0.15, -0.1) is 0 Å². The van der Waals surface area contributed by atoms with Gasteiger partial charge in [-0.25, -0.2) is 4.79 Å². The van der Waals surface area contributed by atoms with E-state index in [0.29, 0.717) is 46.1 Å². The van der Waals surface area contributed by atoms with E-state index in [1.807, 2.05) is 20.8 Å². The number of esters is 1. The lowest BCUT2D eigenvalue weighted by Crippen LogP contribution is -2.46. The van der Waals surface area contributed by atoms with Gasteiger partial charge in [0.05, 0.1) is 6.61 Å². The van der Waals surface area contributed by atoms with E-state index in [-0.39, 0.29) is 0 Å². The molecule has 0 aliphatic heterocycles. The van der Waals surface area contributed by atoms with Gasteiger partial charge in [0.25, 0.3) is 0 Å². The van der Waals surface area contributed by atoms with E-state index in [2.05, 4.69) is 6.58 Å². The number of hydrogen-bond donors (Lipinski definition) is 0. The van der Waals surface area contributed by atoms with Gasteiger partial charge in [0, 0.05) is 51.6 Å². The molecule has 7 heteroatoms. The zero-order valence-electron chi connectivity index (χ0n) is 14.1. The molecule has 0 saturated carbocycles. The van der Waals surface area contributed by atoms with Gasteiger partial charge in [-0.3, -0.25) is 0 Å². The molecule has 6 nitrogen and oxygen atoms in total. The van der Waals surface area contributed by atoms with Crippen LogP contribution in [0.25, 0.3) is 0 Å². The Hall–Kier alpha value is -0.733. The van der Waals surface area contributed by atoms with Crippen LogP contribution in [0.15, 0.2) is 12.7 Å². The van der Waals surface area contributed by atoms with Crippen LogP contribution in [0.2, 0.25) is 6.04 Å². The third-order valence-electron chi connectivity index (χ3n) is 2.71. The summed E-state index contributed by atoms with van der Waals surface area (Å²) in [7, 11) is -2.55. The van der Waals surface area contributed by atoms with Gasteiger partial charge >= 0.3 is 14.8 Å². The van der Waals surface area contributed by atoms with Crippen molar-refractivity contribution in [2.45, 2.75) is 39.7 Å². The minimum absolute atomic E-state index is 0.348. The molecular weight excluding hydrogens is 304 g/mol. The molecule has 0 aromatic heterocycles. The molecule has 0 unspecified atom stereocenters. The SMILES string of the molecule is C=CC(=O)OCCCOCCC[Si](OCC)(OCC)OCC. The van der Waals surface area contributed by atoms with Gasteiger partial charge in [0.2, 0.25) is 0 Å². The maximum atomic E-state index is 10.8. The average molecular weight is 334 g/mol.